The highest BCUT2D eigenvalue weighted by Crippen LogP contribution is 2.27. The maximum absolute atomic E-state index is 11.1. The summed E-state index contributed by atoms with van der Waals surface area (Å²) in [5, 5.41) is 0.897. The lowest BCUT2D eigenvalue weighted by Gasteiger charge is -2.04. The monoisotopic (exact) mass is 338 g/mol. The summed E-state index contributed by atoms with van der Waals surface area (Å²) in [6, 6.07) is 3.44. The molecular weight excluding hydrogens is 327 g/mol. The summed E-state index contributed by atoms with van der Waals surface area (Å²) >= 11 is 17.1. The van der Waals surface area contributed by atoms with Crippen LogP contribution < -0.4 is 0 Å². The van der Waals surface area contributed by atoms with E-state index in [0.29, 0.717) is 27.8 Å². The molecule has 0 aliphatic carbocycles. The maximum atomic E-state index is 11.1. The second-order valence-electron chi connectivity index (χ2n) is 4.35. The Morgan fingerprint density at radius 1 is 1.32 bits per heavy atom. The summed E-state index contributed by atoms with van der Waals surface area (Å²) in [5.41, 5.74) is 1.62. The number of aromatic nitrogens is 2. The number of aryl methyl sites for hydroxylation is 1. The Labute approximate surface area is 126 Å². The van der Waals surface area contributed by atoms with Crippen LogP contribution in [0.15, 0.2) is 12.1 Å². The minimum atomic E-state index is -2.96. The van der Waals surface area contributed by atoms with Crippen molar-refractivity contribution in [2.45, 2.75) is 13.0 Å². The van der Waals surface area contributed by atoms with Crippen LogP contribution in [0.3, 0.4) is 0 Å². The van der Waals surface area contributed by atoms with Crippen LogP contribution in [0.2, 0.25) is 10.0 Å². The van der Waals surface area contributed by atoms with Gasteiger partial charge in [0.15, 0.2) is 4.77 Å². The fourth-order valence-electron chi connectivity index (χ4n) is 1.86. The second-order valence-corrected chi connectivity index (χ2v) is 7.81. The van der Waals surface area contributed by atoms with Gasteiger partial charge in [-0.2, -0.15) is 0 Å². The van der Waals surface area contributed by atoms with Crippen molar-refractivity contribution in [3.05, 3.63) is 26.9 Å². The third kappa shape index (κ3) is 3.51. The van der Waals surface area contributed by atoms with E-state index in [-0.39, 0.29) is 5.75 Å². The molecule has 0 bridgehead atoms. The number of fused-ring (bicyclic) bond motifs is 1. The predicted octanol–water partition coefficient (Wildman–Crippen LogP) is 3.44. The molecule has 0 fully saturated rings. The fourth-order valence-corrected chi connectivity index (χ4v) is 3.13. The van der Waals surface area contributed by atoms with Gasteiger partial charge < -0.3 is 9.55 Å². The highest BCUT2D eigenvalue weighted by Gasteiger charge is 2.09. The van der Waals surface area contributed by atoms with Crippen LogP contribution in [0.4, 0.5) is 0 Å². The molecule has 0 unspecified atom stereocenters. The van der Waals surface area contributed by atoms with Crippen molar-refractivity contribution < 1.29 is 8.42 Å². The van der Waals surface area contributed by atoms with Gasteiger partial charge in [-0.25, -0.2) is 8.42 Å². The molecule has 1 aromatic heterocycles. The van der Waals surface area contributed by atoms with Crippen LogP contribution in [0.25, 0.3) is 11.0 Å². The number of nitrogens with one attached hydrogen (secondary N) is 1. The first kappa shape index (κ1) is 14.8. The number of halogens is 2. The van der Waals surface area contributed by atoms with Crippen molar-refractivity contribution >= 4 is 56.3 Å². The van der Waals surface area contributed by atoms with Gasteiger partial charge in [0.25, 0.3) is 0 Å². The molecule has 104 valence electrons. The Balaban J connectivity index is 2.35. The number of rotatable bonds is 4. The van der Waals surface area contributed by atoms with Crippen molar-refractivity contribution in [1.82, 2.24) is 9.55 Å². The molecule has 19 heavy (non-hydrogen) atoms. The molecule has 0 aliphatic rings. The van der Waals surface area contributed by atoms with E-state index in [9.17, 15) is 8.42 Å². The summed E-state index contributed by atoms with van der Waals surface area (Å²) in [6.07, 6.45) is 1.72. The molecule has 4 nitrogen and oxygen atoms in total. The zero-order valence-electron chi connectivity index (χ0n) is 10.1. The Bertz CT molecular complexity index is 778. The molecule has 1 N–H and O–H groups in total. The van der Waals surface area contributed by atoms with E-state index in [2.05, 4.69) is 4.98 Å². The number of hydrogen-bond acceptors (Lipinski definition) is 3. The van der Waals surface area contributed by atoms with Crippen molar-refractivity contribution in [3.63, 3.8) is 0 Å². The number of sulfone groups is 1. The zero-order chi connectivity index (χ0) is 14.2. The van der Waals surface area contributed by atoms with Crippen LogP contribution >= 0.6 is 35.4 Å². The van der Waals surface area contributed by atoms with Gasteiger partial charge in [0.1, 0.15) is 9.84 Å². The molecule has 0 atom stereocenters. The van der Waals surface area contributed by atoms with E-state index >= 15 is 0 Å². The summed E-state index contributed by atoms with van der Waals surface area (Å²) in [4.78, 5) is 3.03. The summed E-state index contributed by atoms with van der Waals surface area (Å²) in [7, 11) is -2.96. The van der Waals surface area contributed by atoms with Crippen molar-refractivity contribution in [3.8, 4) is 0 Å². The van der Waals surface area contributed by atoms with E-state index < -0.39 is 9.84 Å². The van der Waals surface area contributed by atoms with E-state index in [1.807, 2.05) is 4.57 Å². The smallest absolute Gasteiger partial charge is 0.178 e. The molecular formula is C11H12Cl2N2O2S2. The molecule has 0 amide bonds. The standard InChI is InChI=1S/C11H12Cl2N2O2S2/c1-19(16,17)4-2-3-15-10-6-8(13)7(12)5-9(10)14-11(15)18/h5-6H,2-4H2,1H3,(H,14,18). The van der Waals surface area contributed by atoms with Gasteiger partial charge in [-0.3, -0.25) is 0 Å². The van der Waals surface area contributed by atoms with Gasteiger partial charge in [-0.05, 0) is 30.8 Å². The molecule has 0 radical (unpaired) electrons. The minimum absolute atomic E-state index is 0.128. The summed E-state index contributed by atoms with van der Waals surface area (Å²) < 4.78 is 24.6. The number of imidazole rings is 1. The van der Waals surface area contributed by atoms with Crippen molar-refractivity contribution in [2.24, 2.45) is 0 Å². The lowest BCUT2D eigenvalue weighted by molar-refractivity contribution is 0.592. The van der Waals surface area contributed by atoms with E-state index in [4.69, 9.17) is 35.4 Å². The average molecular weight is 339 g/mol. The number of hydrogen-bond donors (Lipinski definition) is 1. The summed E-state index contributed by atoms with van der Waals surface area (Å²) in [5.74, 6) is 0.128. The average Bonchev–Trinajstić information content (AvgIpc) is 2.55. The first-order valence-corrected chi connectivity index (χ1v) is 8.76. The molecule has 0 saturated heterocycles. The number of H-pyrrole nitrogens is 1. The Morgan fingerprint density at radius 3 is 2.58 bits per heavy atom. The fraction of sp³-hybridized carbons (Fsp3) is 0.364. The van der Waals surface area contributed by atoms with Gasteiger partial charge in [-0.15, -0.1) is 0 Å². The van der Waals surface area contributed by atoms with Crippen molar-refractivity contribution in [1.29, 1.82) is 0 Å². The molecule has 0 aliphatic heterocycles. The lowest BCUT2D eigenvalue weighted by Crippen LogP contribution is -2.07. The Morgan fingerprint density at radius 2 is 1.95 bits per heavy atom. The SMILES string of the molecule is CS(=O)(=O)CCCn1c(=S)[nH]c2cc(Cl)c(Cl)cc21. The van der Waals surface area contributed by atoms with E-state index in [1.165, 1.54) is 6.26 Å². The van der Waals surface area contributed by atoms with Crippen LogP contribution in [0.5, 0.6) is 0 Å². The Hall–Kier alpha value is -0.560. The van der Waals surface area contributed by atoms with Crippen LogP contribution in [0.1, 0.15) is 6.42 Å². The third-order valence-corrected chi connectivity index (χ3v) is 4.79. The van der Waals surface area contributed by atoms with E-state index in [1.54, 1.807) is 12.1 Å². The van der Waals surface area contributed by atoms with Gasteiger partial charge in [0.2, 0.25) is 0 Å². The van der Waals surface area contributed by atoms with Crippen LogP contribution in [-0.4, -0.2) is 30.0 Å². The Kier molecular flexibility index (Phi) is 4.25. The second kappa shape index (κ2) is 5.44. The largest absolute Gasteiger partial charge is 0.331 e. The molecule has 0 spiro atoms. The lowest BCUT2D eigenvalue weighted by atomic mass is 10.3. The van der Waals surface area contributed by atoms with E-state index in [0.717, 1.165) is 11.0 Å². The molecule has 1 heterocycles. The molecule has 1 aromatic carbocycles. The topological polar surface area (TPSA) is 54.9 Å². The van der Waals surface area contributed by atoms with Gasteiger partial charge >= 0.3 is 0 Å². The highest BCUT2D eigenvalue weighted by atomic mass is 35.5. The normalized spacial score (nSPS) is 12.2. The predicted molar refractivity (Wildman–Crippen MR) is 81.5 cm³/mol. The molecule has 2 aromatic rings. The maximum Gasteiger partial charge on any atom is 0.178 e. The minimum Gasteiger partial charge on any atom is -0.331 e. The molecule has 2 rings (SSSR count). The zero-order valence-corrected chi connectivity index (χ0v) is 13.3. The molecule has 8 heteroatoms. The first-order chi connectivity index (χ1) is 8.78. The third-order valence-electron chi connectivity index (χ3n) is 2.71. The van der Waals surface area contributed by atoms with Gasteiger partial charge in [0.05, 0.1) is 26.8 Å². The number of benzene rings is 1. The van der Waals surface area contributed by atoms with Crippen LogP contribution in [-0.2, 0) is 16.4 Å². The quantitative estimate of drug-likeness (QED) is 0.868. The number of nitrogens with zero attached hydrogens (tertiary/aromatic N) is 1. The van der Waals surface area contributed by atoms with Gasteiger partial charge in [-0.1, -0.05) is 23.2 Å². The summed E-state index contributed by atoms with van der Waals surface area (Å²) in [6.45, 7) is 0.518. The van der Waals surface area contributed by atoms with Gasteiger partial charge in [0, 0.05) is 12.8 Å². The highest BCUT2D eigenvalue weighted by molar-refractivity contribution is 7.90. The van der Waals surface area contributed by atoms with Crippen LogP contribution in [0, 0.1) is 4.77 Å². The van der Waals surface area contributed by atoms with Crippen molar-refractivity contribution in [2.75, 3.05) is 12.0 Å². The first-order valence-electron chi connectivity index (χ1n) is 5.53. The number of aromatic amines is 1. The molecule has 0 saturated carbocycles.